The van der Waals surface area contributed by atoms with Crippen LogP contribution in [-0.2, 0) is 11.3 Å². The Morgan fingerprint density at radius 1 is 1.63 bits per heavy atom. The minimum Gasteiger partial charge on any atom is -0.395 e. The number of aliphatic hydroxyl groups is 1. The number of hydrogen-bond acceptors (Lipinski definition) is 6. The molecular weight excluding hydrogens is 248 g/mol. The lowest BCUT2D eigenvalue weighted by molar-refractivity contribution is -0.0317. The number of nitrogens with zero attached hydrogens (tertiary/aromatic N) is 2. The van der Waals surface area contributed by atoms with Crippen molar-refractivity contribution < 1.29 is 14.6 Å². The number of aliphatic hydroxyl groups excluding tert-OH is 1. The van der Waals surface area contributed by atoms with Crippen molar-refractivity contribution in [2.45, 2.75) is 12.6 Å². The van der Waals surface area contributed by atoms with Gasteiger partial charge in [0.2, 0.25) is 0 Å². The van der Waals surface area contributed by atoms with Gasteiger partial charge >= 0.3 is 0 Å². The molecule has 1 saturated heterocycles. The van der Waals surface area contributed by atoms with Crippen LogP contribution in [0.1, 0.15) is 16.1 Å². The van der Waals surface area contributed by atoms with Crippen molar-refractivity contribution >= 4 is 5.91 Å². The van der Waals surface area contributed by atoms with Crippen LogP contribution in [0.2, 0.25) is 0 Å². The number of pyridine rings is 1. The van der Waals surface area contributed by atoms with Crippen LogP contribution < -0.4 is 11.3 Å². The normalized spacial score (nSPS) is 20.2. The summed E-state index contributed by atoms with van der Waals surface area (Å²) in [6.45, 7) is 2.64. The van der Waals surface area contributed by atoms with E-state index in [1.165, 1.54) is 6.20 Å². The summed E-state index contributed by atoms with van der Waals surface area (Å²) < 4.78 is 5.32. The number of nitrogens with two attached hydrogens (primary N) is 1. The zero-order chi connectivity index (χ0) is 13.7. The van der Waals surface area contributed by atoms with E-state index < -0.39 is 0 Å². The maximum Gasteiger partial charge on any atom is 0.266 e. The second kappa shape index (κ2) is 6.58. The number of rotatable bonds is 4. The number of ether oxygens (including phenoxy) is 1. The predicted molar refractivity (Wildman–Crippen MR) is 68.0 cm³/mol. The lowest BCUT2D eigenvalue weighted by atomic mass is 10.2. The van der Waals surface area contributed by atoms with Crippen LogP contribution in [0.15, 0.2) is 18.3 Å². The first-order valence-electron chi connectivity index (χ1n) is 6.13. The highest BCUT2D eigenvalue weighted by Crippen LogP contribution is 2.11. The summed E-state index contributed by atoms with van der Waals surface area (Å²) in [5.41, 5.74) is 3.32. The third-order valence-corrected chi connectivity index (χ3v) is 3.14. The van der Waals surface area contributed by atoms with Gasteiger partial charge in [-0.1, -0.05) is 0 Å². The first-order valence-corrected chi connectivity index (χ1v) is 6.13. The summed E-state index contributed by atoms with van der Waals surface area (Å²) in [6.07, 6.45) is 1.49. The molecule has 0 aromatic carbocycles. The smallest absolute Gasteiger partial charge is 0.266 e. The number of carbonyl (C=O) groups is 1. The molecule has 0 bridgehead atoms. The second-order valence-electron chi connectivity index (χ2n) is 4.39. The van der Waals surface area contributed by atoms with Crippen molar-refractivity contribution in [1.29, 1.82) is 0 Å². The summed E-state index contributed by atoms with van der Waals surface area (Å²) >= 11 is 0. The highest BCUT2D eigenvalue weighted by molar-refractivity contribution is 5.93. The van der Waals surface area contributed by atoms with E-state index in [1.807, 2.05) is 0 Å². The Labute approximate surface area is 111 Å². The highest BCUT2D eigenvalue weighted by Gasteiger charge is 2.22. The Kier molecular flexibility index (Phi) is 4.80. The average molecular weight is 266 g/mol. The van der Waals surface area contributed by atoms with Gasteiger partial charge < -0.3 is 9.84 Å². The molecule has 19 heavy (non-hydrogen) atoms. The Morgan fingerprint density at radius 3 is 3.11 bits per heavy atom. The lowest BCUT2D eigenvalue weighted by Gasteiger charge is -2.34. The third-order valence-electron chi connectivity index (χ3n) is 3.14. The number of hydrazine groups is 1. The lowest BCUT2D eigenvalue weighted by Crippen LogP contribution is -2.46. The van der Waals surface area contributed by atoms with Crippen LogP contribution >= 0.6 is 0 Å². The van der Waals surface area contributed by atoms with Gasteiger partial charge in [-0.15, -0.1) is 0 Å². The van der Waals surface area contributed by atoms with Gasteiger partial charge in [0.05, 0.1) is 37.1 Å². The number of nitrogen functional groups attached to an aromatic ring is 1. The molecule has 1 amide bonds. The average Bonchev–Trinajstić information content (AvgIpc) is 2.48. The Bertz CT molecular complexity index is 423. The maximum absolute atomic E-state index is 11.3. The number of hydrogen-bond donors (Lipinski definition) is 3. The van der Waals surface area contributed by atoms with E-state index in [1.54, 1.807) is 12.1 Å². The topological polar surface area (TPSA) is 101 Å². The first kappa shape index (κ1) is 13.9. The van der Waals surface area contributed by atoms with Crippen LogP contribution in [0.25, 0.3) is 0 Å². The summed E-state index contributed by atoms with van der Waals surface area (Å²) in [5, 5.41) is 9.28. The Morgan fingerprint density at radius 2 is 2.47 bits per heavy atom. The van der Waals surface area contributed by atoms with Crippen LogP contribution in [0.5, 0.6) is 0 Å². The molecule has 1 aromatic heterocycles. The molecule has 7 nitrogen and oxygen atoms in total. The van der Waals surface area contributed by atoms with E-state index in [9.17, 15) is 9.90 Å². The third kappa shape index (κ3) is 3.48. The fourth-order valence-corrected chi connectivity index (χ4v) is 2.01. The first-order chi connectivity index (χ1) is 9.24. The molecule has 0 aliphatic carbocycles. The van der Waals surface area contributed by atoms with Gasteiger partial charge in [0.25, 0.3) is 5.91 Å². The van der Waals surface area contributed by atoms with E-state index in [4.69, 9.17) is 10.6 Å². The van der Waals surface area contributed by atoms with Gasteiger partial charge in [0, 0.05) is 19.3 Å². The van der Waals surface area contributed by atoms with Crippen LogP contribution in [-0.4, -0.2) is 53.3 Å². The van der Waals surface area contributed by atoms with Crippen LogP contribution in [0.4, 0.5) is 0 Å². The molecule has 104 valence electrons. The van der Waals surface area contributed by atoms with Gasteiger partial charge in [-0.2, -0.15) is 0 Å². The van der Waals surface area contributed by atoms with Crippen molar-refractivity contribution in [3.63, 3.8) is 0 Å². The number of morpholine rings is 1. The molecule has 0 saturated carbocycles. The van der Waals surface area contributed by atoms with Crippen LogP contribution in [0.3, 0.4) is 0 Å². The SMILES string of the molecule is NNC(=O)c1ccc(CN2CCOCC2CO)nc1. The number of nitrogens with one attached hydrogen (secondary N) is 1. The molecule has 2 heterocycles. The van der Waals surface area contributed by atoms with E-state index in [0.717, 1.165) is 12.2 Å². The minimum absolute atomic E-state index is 0.00238. The summed E-state index contributed by atoms with van der Waals surface area (Å²) in [7, 11) is 0. The molecule has 2 rings (SSSR count). The second-order valence-corrected chi connectivity index (χ2v) is 4.39. The van der Waals surface area contributed by atoms with E-state index in [-0.39, 0.29) is 18.6 Å². The zero-order valence-electron chi connectivity index (χ0n) is 10.6. The Hall–Kier alpha value is -1.54. The van der Waals surface area contributed by atoms with Crippen molar-refractivity contribution in [1.82, 2.24) is 15.3 Å². The quantitative estimate of drug-likeness (QED) is 0.362. The molecule has 0 radical (unpaired) electrons. The number of carbonyl (C=O) groups excluding carboxylic acids is 1. The molecule has 4 N–H and O–H groups in total. The van der Waals surface area contributed by atoms with Crippen molar-refractivity contribution in [3.05, 3.63) is 29.6 Å². The Balaban J connectivity index is 2.00. The molecule has 1 fully saturated rings. The molecule has 0 spiro atoms. The van der Waals surface area contributed by atoms with E-state index in [2.05, 4.69) is 15.3 Å². The van der Waals surface area contributed by atoms with Gasteiger partial charge in [-0.05, 0) is 12.1 Å². The molecule has 1 unspecified atom stereocenters. The van der Waals surface area contributed by atoms with Gasteiger partial charge in [-0.3, -0.25) is 20.1 Å². The van der Waals surface area contributed by atoms with E-state index >= 15 is 0 Å². The monoisotopic (exact) mass is 266 g/mol. The molecule has 1 aliphatic rings. The van der Waals surface area contributed by atoms with Crippen molar-refractivity contribution in [3.8, 4) is 0 Å². The molecule has 1 aliphatic heterocycles. The number of amides is 1. The fraction of sp³-hybridized carbons (Fsp3) is 0.500. The maximum atomic E-state index is 11.3. The summed E-state index contributed by atoms with van der Waals surface area (Å²) in [5.74, 6) is 4.69. The molecule has 1 atom stereocenters. The van der Waals surface area contributed by atoms with Gasteiger partial charge in [-0.25, -0.2) is 5.84 Å². The fourth-order valence-electron chi connectivity index (χ4n) is 2.01. The van der Waals surface area contributed by atoms with E-state index in [0.29, 0.717) is 25.3 Å². The number of aromatic nitrogens is 1. The minimum atomic E-state index is -0.362. The summed E-state index contributed by atoms with van der Waals surface area (Å²) in [4.78, 5) is 17.6. The predicted octanol–water partition coefficient (Wildman–Crippen LogP) is -1.12. The van der Waals surface area contributed by atoms with Gasteiger partial charge in [0.15, 0.2) is 0 Å². The summed E-state index contributed by atoms with van der Waals surface area (Å²) in [6, 6.07) is 3.47. The van der Waals surface area contributed by atoms with Gasteiger partial charge in [0.1, 0.15) is 0 Å². The molecule has 1 aromatic rings. The van der Waals surface area contributed by atoms with Crippen molar-refractivity contribution in [2.24, 2.45) is 5.84 Å². The van der Waals surface area contributed by atoms with Crippen molar-refractivity contribution in [2.75, 3.05) is 26.4 Å². The standard InChI is InChI=1S/C12H18N4O3/c13-15-12(18)9-1-2-10(14-5-9)6-16-3-4-19-8-11(16)7-17/h1-2,5,11,17H,3-4,6-8,13H2,(H,15,18). The molecule has 7 heteroatoms. The molecular formula is C12H18N4O3. The largest absolute Gasteiger partial charge is 0.395 e. The highest BCUT2D eigenvalue weighted by atomic mass is 16.5. The zero-order valence-corrected chi connectivity index (χ0v) is 10.6. The van der Waals surface area contributed by atoms with Crippen LogP contribution in [0, 0.1) is 0 Å².